The summed E-state index contributed by atoms with van der Waals surface area (Å²) < 4.78 is 1.09. The van der Waals surface area contributed by atoms with E-state index in [0.29, 0.717) is 0 Å². The van der Waals surface area contributed by atoms with Crippen LogP contribution in [-0.4, -0.2) is 39.2 Å². The van der Waals surface area contributed by atoms with Crippen molar-refractivity contribution in [1.82, 2.24) is 0 Å². The molecule has 0 aromatic carbocycles. The first-order valence-corrected chi connectivity index (χ1v) is 12.5. The second kappa shape index (κ2) is 3.32. The molecular formula is C7H19SbSi2. The Morgan fingerprint density at radius 1 is 0.800 bits per heavy atom. The predicted molar refractivity (Wildman–Crippen MR) is 56.2 cm³/mol. The zero-order valence-electron chi connectivity index (χ0n) is 8.02. The topological polar surface area (TPSA) is 0 Å². The Hall–Kier alpha value is 1.25. The van der Waals surface area contributed by atoms with Gasteiger partial charge in [0.2, 0.25) is 0 Å². The first-order valence-electron chi connectivity index (χ1n) is 3.84. The Morgan fingerprint density at radius 2 is 1.00 bits per heavy atom. The van der Waals surface area contributed by atoms with Gasteiger partial charge in [-0.25, -0.2) is 0 Å². The van der Waals surface area contributed by atoms with Gasteiger partial charge in [-0.3, -0.25) is 0 Å². The van der Waals surface area contributed by atoms with Gasteiger partial charge in [0, 0.05) is 0 Å². The van der Waals surface area contributed by atoms with Gasteiger partial charge in [-0.15, -0.1) is 0 Å². The van der Waals surface area contributed by atoms with Gasteiger partial charge in [-0.1, -0.05) is 0 Å². The Morgan fingerprint density at radius 3 is 1.00 bits per heavy atom. The van der Waals surface area contributed by atoms with Crippen molar-refractivity contribution >= 4 is 39.2 Å². The van der Waals surface area contributed by atoms with Crippen molar-refractivity contribution in [3.05, 3.63) is 0 Å². The molecular weight excluding hydrogens is 262 g/mol. The van der Waals surface area contributed by atoms with E-state index in [0.717, 1.165) is 3.11 Å². The van der Waals surface area contributed by atoms with Crippen molar-refractivity contribution in [3.63, 3.8) is 0 Å². The van der Waals surface area contributed by atoms with E-state index < -0.39 is 16.1 Å². The van der Waals surface area contributed by atoms with E-state index in [1.54, 1.807) is 0 Å². The van der Waals surface area contributed by atoms with E-state index in [2.05, 4.69) is 62.3 Å². The first kappa shape index (κ1) is 11.3. The van der Waals surface area contributed by atoms with E-state index in [1.807, 2.05) is 0 Å². The summed E-state index contributed by atoms with van der Waals surface area (Å²) in [7, 11) is -1.62. The van der Waals surface area contributed by atoms with Gasteiger partial charge in [0.25, 0.3) is 0 Å². The summed E-state index contributed by atoms with van der Waals surface area (Å²) in [5, 5.41) is 0. The second-order valence-electron chi connectivity index (χ2n) is 5.13. The number of rotatable bonds is 2. The minimum atomic E-state index is -0.812. The van der Waals surface area contributed by atoms with E-state index in [9.17, 15) is 0 Å². The van der Waals surface area contributed by atoms with Crippen molar-refractivity contribution in [2.45, 2.75) is 42.4 Å². The summed E-state index contributed by atoms with van der Waals surface area (Å²) in [5.74, 6) is 0. The van der Waals surface area contributed by atoms with Gasteiger partial charge < -0.3 is 0 Å². The molecule has 0 aliphatic heterocycles. The zero-order chi connectivity index (χ0) is 8.58. The summed E-state index contributed by atoms with van der Waals surface area (Å²) in [4.78, 5) is 0. The third kappa shape index (κ3) is 3.59. The Labute approximate surface area is 81.3 Å². The molecule has 0 aromatic heterocycles. The van der Waals surface area contributed by atoms with Crippen molar-refractivity contribution in [1.29, 1.82) is 0 Å². The van der Waals surface area contributed by atoms with Crippen LogP contribution in [0.4, 0.5) is 0 Å². The predicted octanol–water partition coefficient (Wildman–Crippen LogP) is 2.70. The zero-order valence-corrected chi connectivity index (χ0v) is 12.6. The van der Waals surface area contributed by atoms with Crippen LogP contribution in [0.1, 0.15) is 0 Å². The van der Waals surface area contributed by atoms with Gasteiger partial charge in [-0.05, 0) is 0 Å². The fourth-order valence-corrected chi connectivity index (χ4v) is 11.7. The molecule has 0 aliphatic carbocycles. The standard InChI is InChI=1S/C7H19Si2.Sb/c1-8(2,3)7-9(4,5)6;/h7H,1-6H3;. The summed E-state index contributed by atoms with van der Waals surface area (Å²) in [6.07, 6.45) is 0. The molecule has 0 spiro atoms. The van der Waals surface area contributed by atoms with Crippen LogP contribution >= 0.6 is 0 Å². The van der Waals surface area contributed by atoms with Crippen LogP contribution in [0, 0.1) is 0 Å². The molecule has 0 aromatic rings. The van der Waals surface area contributed by atoms with Gasteiger partial charge in [0.1, 0.15) is 0 Å². The number of hydrogen-bond donors (Lipinski definition) is 0. The Bertz CT molecular complexity index is 95.8. The average Bonchev–Trinajstić information content (AvgIpc) is 1.59. The molecule has 3 heteroatoms. The second-order valence-corrected chi connectivity index (χ2v) is 20.7. The Kier molecular flexibility index (Phi) is 3.74. The molecule has 60 valence electrons. The molecule has 0 atom stereocenters. The van der Waals surface area contributed by atoms with Crippen LogP contribution in [0.5, 0.6) is 0 Å². The third-order valence-corrected chi connectivity index (χ3v) is 23.4. The van der Waals surface area contributed by atoms with Crippen LogP contribution < -0.4 is 0 Å². The molecule has 0 saturated carbocycles. The summed E-state index contributed by atoms with van der Waals surface area (Å²) in [6, 6.07) is 0. The molecule has 0 aliphatic rings. The Balaban J connectivity index is 4.23. The molecule has 0 heterocycles. The summed E-state index contributed by atoms with van der Waals surface area (Å²) >= 11 is 2.09. The van der Waals surface area contributed by atoms with Crippen LogP contribution in [0.25, 0.3) is 0 Å². The molecule has 0 bridgehead atoms. The minimum absolute atomic E-state index is 0.812. The van der Waals surface area contributed by atoms with Gasteiger partial charge >= 0.3 is 81.6 Å². The molecule has 0 rings (SSSR count). The van der Waals surface area contributed by atoms with Crippen LogP contribution in [0.3, 0.4) is 0 Å². The van der Waals surface area contributed by atoms with Crippen molar-refractivity contribution in [3.8, 4) is 0 Å². The van der Waals surface area contributed by atoms with Crippen molar-refractivity contribution in [2.75, 3.05) is 0 Å². The SMILES string of the molecule is C[Si](C)(C)[CH]([Sb])[Si](C)(C)C. The molecule has 0 amide bonds. The quantitative estimate of drug-likeness (QED) is 0.683. The first-order chi connectivity index (χ1) is 4.15. The maximum absolute atomic E-state index is 2.49. The molecule has 0 fully saturated rings. The van der Waals surface area contributed by atoms with Crippen LogP contribution in [0.15, 0.2) is 0 Å². The molecule has 0 unspecified atom stereocenters. The monoisotopic (exact) mass is 280 g/mol. The summed E-state index contributed by atoms with van der Waals surface area (Å²) in [6.45, 7) is 15.0. The van der Waals surface area contributed by atoms with E-state index in [-0.39, 0.29) is 0 Å². The average molecular weight is 281 g/mol. The van der Waals surface area contributed by atoms with E-state index >= 15 is 0 Å². The third-order valence-electron chi connectivity index (χ3n) is 1.64. The fraction of sp³-hybridized carbons (Fsp3) is 1.00. The number of hydrogen-bond acceptors (Lipinski definition) is 0. The molecule has 0 nitrogen and oxygen atoms in total. The molecule has 0 N–H and O–H groups in total. The van der Waals surface area contributed by atoms with E-state index in [1.165, 1.54) is 0 Å². The van der Waals surface area contributed by atoms with Crippen molar-refractivity contribution < 1.29 is 0 Å². The van der Waals surface area contributed by atoms with Crippen LogP contribution in [0.2, 0.25) is 42.4 Å². The van der Waals surface area contributed by atoms with Gasteiger partial charge in [0.05, 0.1) is 0 Å². The van der Waals surface area contributed by atoms with Gasteiger partial charge in [-0.2, -0.15) is 0 Å². The summed E-state index contributed by atoms with van der Waals surface area (Å²) in [5.41, 5.74) is 0. The van der Waals surface area contributed by atoms with E-state index in [4.69, 9.17) is 0 Å². The van der Waals surface area contributed by atoms with Crippen LogP contribution in [-0.2, 0) is 0 Å². The molecule has 0 saturated heterocycles. The van der Waals surface area contributed by atoms with Crippen molar-refractivity contribution in [2.24, 2.45) is 0 Å². The molecule has 10 heavy (non-hydrogen) atoms. The van der Waals surface area contributed by atoms with Gasteiger partial charge in [0.15, 0.2) is 0 Å². The molecule has 2 radical (unpaired) electrons. The maximum atomic E-state index is 2.49. The fourth-order valence-electron chi connectivity index (χ4n) is 1.30. The normalized spacial score (nSPS) is 14.4.